The average Bonchev–Trinajstić information content (AvgIpc) is 2.94. The first kappa shape index (κ1) is 28.0. The van der Waals surface area contributed by atoms with E-state index >= 15 is 0 Å². The Hall–Kier alpha value is -2.55. The molecule has 2 heterocycles. The van der Waals surface area contributed by atoms with Crippen LogP contribution in [0.15, 0.2) is 53.4 Å². The number of anilines is 1. The van der Waals surface area contributed by atoms with Crippen LogP contribution in [-0.4, -0.2) is 78.7 Å². The molecule has 208 valence electrons. The molecule has 9 heteroatoms. The quantitative estimate of drug-likeness (QED) is 0.356. The molecule has 2 atom stereocenters. The Morgan fingerprint density at radius 2 is 1.85 bits per heavy atom. The molecule has 1 N–H and O–H groups in total. The number of nitrogens with zero attached hydrogens (tertiary/aromatic N) is 3. The maximum absolute atomic E-state index is 13.5. The Morgan fingerprint density at radius 1 is 1.08 bits per heavy atom. The summed E-state index contributed by atoms with van der Waals surface area (Å²) < 4.78 is 13.2. The summed E-state index contributed by atoms with van der Waals surface area (Å²) in [7, 11) is 0. The molecule has 2 aromatic rings. The number of hydrogen-bond donors (Lipinski definition) is 1. The molecule has 5 rings (SSSR count). The van der Waals surface area contributed by atoms with Crippen LogP contribution < -0.4 is 10.2 Å². The number of fused-ring (bicyclic) bond motifs is 1. The first-order valence-corrected chi connectivity index (χ1v) is 15.2. The van der Waals surface area contributed by atoms with Crippen molar-refractivity contribution in [2.45, 2.75) is 43.4 Å². The van der Waals surface area contributed by atoms with Gasteiger partial charge in [0.05, 0.1) is 4.91 Å². The lowest BCUT2D eigenvalue weighted by molar-refractivity contribution is -0.135. The van der Waals surface area contributed by atoms with Crippen LogP contribution >= 0.6 is 23.4 Å². The van der Waals surface area contributed by atoms with Gasteiger partial charge in [-0.15, -0.1) is 11.8 Å². The fourth-order valence-electron chi connectivity index (χ4n) is 5.73. The van der Waals surface area contributed by atoms with Gasteiger partial charge in [0.1, 0.15) is 12.4 Å². The number of carbonyl (C=O) groups excluding carboxylic acids is 2. The number of piperazine rings is 1. The van der Waals surface area contributed by atoms with Crippen molar-refractivity contribution in [1.82, 2.24) is 15.1 Å². The normalized spacial score (nSPS) is 23.1. The summed E-state index contributed by atoms with van der Waals surface area (Å²) in [5.41, 5.74) is 1.95. The second-order valence-corrected chi connectivity index (χ2v) is 12.2. The standard InChI is InChI=1S/C30H36ClFN4O2S/c31-23-6-3-5-22(19-23)20-28-30(38)36(26-7-1-2-8-27(26)39-28)21-29(37)33-13-4-14-34-15-17-35(18-16-34)25-11-9-24(32)10-12-25/h3,5-6,9-12,19-20,26-27H,1-2,4,7-8,13-18,21H2,(H,33,37)/b28-20-. The number of amides is 2. The number of thioether (sulfide) groups is 1. The van der Waals surface area contributed by atoms with Crippen molar-refractivity contribution in [1.29, 1.82) is 0 Å². The molecule has 2 amide bonds. The van der Waals surface area contributed by atoms with Crippen molar-refractivity contribution in [3.05, 3.63) is 69.8 Å². The van der Waals surface area contributed by atoms with Gasteiger partial charge in [0.2, 0.25) is 5.91 Å². The lowest BCUT2D eigenvalue weighted by Gasteiger charge is -2.43. The number of rotatable bonds is 8. The van der Waals surface area contributed by atoms with Crippen molar-refractivity contribution in [3.63, 3.8) is 0 Å². The molecule has 0 radical (unpaired) electrons. The Labute approximate surface area is 239 Å². The van der Waals surface area contributed by atoms with E-state index in [4.69, 9.17) is 11.6 Å². The second-order valence-electron chi connectivity index (χ2n) is 10.5. The molecular formula is C30H36ClFN4O2S. The van der Waals surface area contributed by atoms with Gasteiger partial charge in [-0.3, -0.25) is 14.5 Å². The zero-order valence-corrected chi connectivity index (χ0v) is 23.7. The van der Waals surface area contributed by atoms with Gasteiger partial charge in [0, 0.05) is 54.7 Å². The first-order valence-electron chi connectivity index (χ1n) is 13.9. The molecule has 2 aromatic carbocycles. The highest BCUT2D eigenvalue weighted by Crippen LogP contribution is 2.42. The van der Waals surface area contributed by atoms with Crippen molar-refractivity contribution >= 4 is 46.9 Å². The van der Waals surface area contributed by atoms with E-state index in [0.717, 1.165) is 76.1 Å². The Bertz CT molecular complexity index is 1190. The SMILES string of the molecule is O=C(CN1C(=O)/C(=C/c2cccc(Cl)c2)SC2CCCCC21)NCCCN1CCN(c2ccc(F)cc2)CC1. The molecule has 6 nitrogen and oxygen atoms in total. The van der Waals surface area contributed by atoms with Crippen LogP contribution in [0.1, 0.15) is 37.7 Å². The molecule has 2 saturated heterocycles. The lowest BCUT2D eigenvalue weighted by Crippen LogP contribution is -2.54. The highest BCUT2D eigenvalue weighted by atomic mass is 35.5. The van der Waals surface area contributed by atoms with Gasteiger partial charge in [0.15, 0.2) is 0 Å². The Morgan fingerprint density at radius 3 is 2.62 bits per heavy atom. The molecule has 39 heavy (non-hydrogen) atoms. The smallest absolute Gasteiger partial charge is 0.261 e. The van der Waals surface area contributed by atoms with Crippen LogP contribution in [0.4, 0.5) is 10.1 Å². The minimum atomic E-state index is -0.212. The largest absolute Gasteiger partial charge is 0.369 e. The van der Waals surface area contributed by atoms with Crippen LogP contribution in [0.3, 0.4) is 0 Å². The number of halogens is 2. The summed E-state index contributed by atoms with van der Waals surface area (Å²) in [6.45, 7) is 5.29. The minimum Gasteiger partial charge on any atom is -0.369 e. The topological polar surface area (TPSA) is 55.9 Å². The molecule has 1 saturated carbocycles. The van der Waals surface area contributed by atoms with E-state index in [-0.39, 0.29) is 30.2 Å². The van der Waals surface area contributed by atoms with E-state index in [0.29, 0.717) is 21.7 Å². The maximum Gasteiger partial charge on any atom is 0.261 e. The summed E-state index contributed by atoms with van der Waals surface area (Å²) in [5.74, 6) is -0.365. The van der Waals surface area contributed by atoms with E-state index < -0.39 is 0 Å². The highest BCUT2D eigenvalue weighted by molar-refractivity contribution is 8.04. The van der Waals surface area contributed by atoms with Crippen LogP contribution in [0.2, 0.25) is 5.02 Å². The van der Waals surface area contributed by atoms with E-state index in [1.54, 1.807) is 16.7 Å². The summed E-state index contributed by atoms with van der Waals surface area (Å²) in [5, 5.41) is 4.01. The van der Waals surface area contributed by atoms with Crippen LogP contribution in [0.25, 0.3) is 6.08 Å². The zero-order valence-electron chi connectivity index (χ0n) is 22.2. The summed E-state index contributed by atoms with van der Waals surface area (Å²) >= 11 is 7.81. The Kier molecular flexibility index (Phi) is 9.48. The van der Waals surface area contributed by atoms with E-state index in [2.05, 4.69) is 15.1 Å². The molecule has 3 fully saturated rings. The predicted molar refractivity (Wildman–Crippen MR) is 157 cm³/mol. The second kappa shape index (κ2) is 13.2. The fraction of sp³-hybridized carbons (Fsp3) is 0.467. The molecule has 3 aliphatic rings. The third-order valence-electron chi connectivity index (χ3n) is 7.82. The monoisotopic (exact) mass is 570 g/mol. The van der Waals surface area contributed by atoms with Gasteiger partial charge in [-0.05, 0) is 73.8 Å². The molecule has 2 aliphatic heterocycles. The lowest BCUT2D eigenvalue weighted by atomic mass is 9.93. The third kappa shape index (κ3) is 7.35. The van der Waals surface area contributed by atoms with E-state index in [1.165, 1.54) is 12.1 Å². The number of benzene rings is 2. The number of hydrogen-bond acceptors (Lipinski definition) is 5. The van der Waals surface area contributed by atoms with Crippen molar-refractivity contribution in [3.8, 4) is 0 Å². The van der Waals surface area contributed by atoms with Gasteiger partial charge in [-0.25, -0.2) is 4.39 Å². The molecular weight excluding hydrogens is 535 g/mol. The predicted octanol–water partition coefficient (Wildman–Crippen LogP) is 5.04. The molecule has 0 bridgehead atoms. The Balaban J connectivity index is 1.09. The fourth-order valence-corrected chi connectivity index (χ4v) is 7.40. The molecule has 1 aliphatic carbocycles. The number of nitrogens with one attached hydrogen (secondary N) is 1. The van der Waals surface area contributed by atoms with E-state index in [9.17, 15) is 14.0 Å². The zero-order chi connectivity index (χ0) is 27.2. The van der Waals surface area contributed by atoms with Crippen molar-refractivity contribution in [2.24, 2.45) is 0 Å². The molecule has 0 spiro atoms. The van der Waals surface area contributed by atoms with Gasteiger partial charge < -0.3 is 15.1 Å². The van der Waals surface area contributed by atoms with Crippen molar-refractivity contribution in [2.75, 3.05) is 50.7 Å². The average molecular weight is 571 g/mol. The van der Waals surface area contributed by atoms with Gasteiger partial charge in [0.25, 0.3) is 5.91 Å². The first-order chi connectivity index (χ1) is 19.0. The summed E-state index contributed by atoms with van der Waals surface area (Å²) in [6, 6.07) is 14.3. The van der Waals surface area contributed by atoms with Gasteiger partial charge in [-0.1, -0.05) is 36.6 Å². The van der Waals surface area contributed by atoms with Gasteiger partial charge in [-0.2, -0.15) is 0 Å². The summed E-state index contributed by atoms with van der Waals surface area (Å²) in [6.07, 6.45) is 7.02. The molecule has 0 aromatic heterocycles. The van der Waals surface area contributed by atoms with Crippen LogP contribution in [0, 0.1) is 5.82 Å². The maximum atomic E-state index is 13.5. The minimum absolute atomic E-state index is 0.0581. The molecule has 2 unspecified atom stereocenters. The van der Waals surface area contributed by atoms with Crippen LogP contribution in [-0.2, 0) is 9.59 Å². The van der Waals surface area contributed by atoms with Gasteiger partial charge >= 0.3 is 0 Å². The summed E-state index contributed by atoms with van der Waals surface area (Å²) in [4.78, 5) is 33.6. The van der Waals surface area contributed by atoms with E-state index in [1.807, 2.05) is 42.5 Å². The highest BCUT2D eigenvalue weighted by Gasteiger charge is 2.41. The number of carbonyl (C=O) groups is 2. The van der Waals surface area contributed by atoms with Crippen molar-refractivity contribution < 1.29 is 14.0 Å². The van der Waals surface area contributed by atoms with Crippen LogP contribution in [0.5, 0.6) is 0 Å². The third-order valence-corrected chi connectivity index (χ3v) is 9.45.